The third kappa shape index (κ3) is 2.21. The molecule has 0 spiro atoms. The van der Waals surface area contributed by atoms with Crippen LogP contribution >= 0.6 is 11.8 Å². The van der Waals surface area contributed by atoms with Crippen LogP contribution in [0.2, 0.25) is 0 Å². The molecular formula is C21H18OS. The molecule has 1 nitrogen and oxygen atoms in total. The van der Waals surface area contributed by atoms with Gasteiger partial charge in [0.1, 0.15) is 5.60 Å². The normalized spacial score (nSPS) is 14.8. The monoisotopic (exact) mass is 318 g/mol. The standard InChI is InChI=1S/C21H18OS/c1-2-22-21(16-10-4-3-5-11-16)17-12-6-8-14-19(17)23-20-15-9-7-13-18(20)21/h3-15H,2H2,1H3. The van der Waals surface area contributed by atoms with E-state index in [-0.39, 0.29) is 0 Å². The summed E-state index contributed by atoms with van der Waals surface area (Å²) in [5.74, 6) is 0. The van der Waals surface area contributed by atoms with Crippen molar-refractivity contribution in [3.05, 3.63) is 95.6 Å². The molecule has 1 aliphatic heterocycles. The fraction of sp³-hybridized carbons (Fsp3) is 0.143. The Morgan fingerprint density at radius 1 is 0.739 bits per heavy atom. The van der Waals surface area contributed by atoms with E-state index < -0.39 is 5.60 Å². The van der Waals surface area contributed by atoms with E-state index in [1.54, 1.807) is 0 Å². The van der Waals surface area contributed by atoms with Gasteiger partial charge in [0.25, 0.3) is 0 Å². The summed E-state index contributed by atoms with van der Waals surface area (Å²) in [6, 6.07) is 27.7. The number of benzene rings is 3. The quantitative estimate of drug-likeness (QED) is 0.632. The van der Waals surface area contributed by atoms with Crippen molar-refractivity contribution in [3.63, 3.8) is 0 Å². The molecule has 0 atom stereocenters. The predicted octanol–water partition coefficient (Wildman–Crippen LogP) is 5.48. The maximum Gasteiger partial charge on any atom is 0.145 e. The fourth-order valence-electron chi connectivity index (χ4n) is 3.40. The third-order valence-electron chi connectivity index (χ3n) is 4.29. The molecule has 3 aromatic rings. The van der Waals surface area contributed by atoms with Crippen LogP contribution < -0.4 is 0 Å². The van der Waals surface area contributed by atoms with Gasteiger partial charge in [-0.15, -0.1) is 0 Å². The SMILES string of the molecule is CCOC1(c2ccccc2)c2ccccc2Sc2ccccc21. The van der Waals surface area contributed by atoms with Crippen molar-refractivity contribution < 1.29 is 4.74 Å². The zero-order valence-electron chi connectivity index (χ0n) is 13.0. The second kappa shape index (κ2) is 5.88. The van der Waals surface area contributed by atoms with E-state index in [2.05, 4.69) is 85.8 Å². The van der Waals surface area contributed by atoms with Gasteiger partial charge in [-0.3, -0.25) is 0 Å². The van der Waals surface area contributed by atoms with Gasteiger partial charge in [0, 0.05) is 27.5 Å². The molecule has 114 valence electrons. The van der Waals surface area contributed by atoms with Crippen molar-refractivity contribution in [3.8, 4) is 0 Å². The second-order valence-corrected chi connectivity index (χ2v) is 6.66. The van der Waals surface area contributed by atoms with Gasteiger partial charge in [0.15, 0.2) is 0 Å². The van der Waals surface area contributed by atoms with Gasteiger partial charge in [-0.05, 0) is 24.6 Å². The Bertz CT molecular complexity index is 781. The molecule has 23 heavy (non-hydrogen) atoms. The van der Waals surface area contributed by atoms with Crippen molar-refractivity contribution in [1.29, 1.82) is 0 Å². The number of fused-ring (bicyclic) bond motifs is 2. The van der Waals surface area contributed by atoms with Crippen LogP contribution in [0.4, 0.5) is 0 Å². The highest BCUT2D eigenvalue weighted by atomic mass is 32.2. The number of ether oxygens (including phenoxy) is 1. The number of hydrogen-bond donors (Lipinski definition) is 0. The largest absolute Gasteiger partial charge is 0.361 e. The van der Waals surface area contributed by atoms with E-state index in [1.165, 1.54) is 26.5 Å². The highest BCUT2D eigenvalue weighted by Crippen LogP contribution is 2.52. The Morgan fingerprint density at radius 2 is 1.26 bits per heavy atom. The van der Waals surface area contributed by atoms with E-state index in [4.69, 9.17) is 4.74 Å². The van der Waals surface area contributed by atoms with Crippen LogP contribution in [-0.4, -0.2) is 6.61 Å². The zero-order valence-corrected chi connectivity index (χ0v) is 13.8. The van der Waals surface area contributed by atoms with Crippen molar-refractivity contribution >= 4 is 11.8 Å². The fourth-order valence-corrected chi connectivity index (χ4v) is 4.57. The molecule has 0 saturated heterocycles. The van der Waals surface area contributed by atoms with Crippen molar-refractivity contribution in [2.75, 3.05) is 6.61 Å². The molecular weight excluding hydrogens is 300 g/mol. The minimum Gasteiger partial charge on any atom is -0.361 e. The summed E-state index contributed by atoms with van der Waals surface area (Å²) in [6.45, 7) is 2.72. The molecule has 0 amide bonds. The predicted molar refractivity (Wildman–Crippen MR) is 95.0 cm³/mol. The molecule has 0 aliphatic carbocycles. The van der Waals surface area contributed by atoms with E-state index in [0.29, 0.717) is 6.61 Å². The summed E-state index contributed by atoms with van der Waals surface area (Å²) < 4.78 is 6.50. The molecule has 0 fully saturated rings. The van der Waals surface area contributed by atoms with E-state index in [1.807, 2.05) is 11.8 Å². The lowest BCUT2D eigenvalue weighted by atomic mass is 9.79. The van der Waals surface area contributed by atoms with Crippen LogP contribution in [0.25, 0.3) is 0 Å². The van der Waals surface area contributed by atoms with E-state index >= 15 is 0 Å². The first-order chi connectivity index (χ1) is 11.4. The van der Waals surface area contributed by atoms with Crippen LogP contribution in [-0.2, 0) is 10.3 Å². The van der Waals surface area contributed by atoms with Crippen LogP contribution in [0.3, 0.4) is 0 Å². The number of hydrogen-bond acceptors (Lipinski definition) is 2. The highest BCUT2D eigenvalue weighted by Gasteiger charge is 2.43. The smallest absolute Gasteiger partial charge is 0.145 e. The highest BCUT2D eigenvalue weighted by molar-refractivity contribution is 7.99. The Balaban J connectivity index is 2.08. The van der Waals surface area contributed by atoms with Crippen molar-refractivity contribution in [1.82, 2.24) is 0 Å². The minimum absolute atomic E-state index is 0.533. The Kier molecular flexibility index (Phi) is 3.72. The van der Waals surface area contributed by atoms with Crippen LogP contribution in [0, 0.1) is 0 Å². The molecule has 0 N–H and O–H groups in total. The first-order valence-corrected chi connectivity index (χ1v) is 8.74. The average molecular weight is 318 g/mol. The Hall–Kier alpha value is -2.03. The van der Waals surface area contributed by atoms with Gasteiger partial charge < -0.3 is 4.74 Å². The Morgan fingerprint density at radius 3 is 1.83 bits per heavy atom. The van der Waals surface area contributed by atoms with E-state index in [0.717, 1.165) is 0 Å². The lowest BCUT2D eigenvalue weighted by molar-refractivity contribution is 0.0169. The molecule has 1 heterocycles. The van der Waals surface area contributed by atoms with Crippen molar-refractivity contribution in [2.45, 2.75) is 22.3 Å². The van der Waals surface area contributed by atoms with Gasteiger partial charge in [-0.2, -0.15) is 0 Å². The lowest BCUT2D eigenvalue weighted by Crippen LogP contribution is -2.35. The summed E-state index contributed by atoms with van der Waals surface area (Å²) in [6.07, 6.45) is 0. The van der Waals surface area contributed by atoms with Gasteiger partial charge in [-0.1, -0.05) is 78.5 Å². The molecule has 0 unspecified atom stereocenters. The molecule has 0 saturated carbocycles. The molecule has 1 aliphatic rings. The van der Waals surface area contributed by atoms with Crippen LogP contribution in [0.1, 0.15) is 23.6 Å². The maximum absolute atomic E-state index is 6.50. The summed E-state index contributed by atoms with van der Waals surface area (Å²) in [5, 5.41) is 0. The first kappa shape index (κ1) is 14.6. The van der Waals surface area contributed by atoms with Crippen LogP contribution in [0.5, 0.6) is 0 Å². The van der Waals surface area contributed by atoms with Gasteiger partial charge >= 0.3 is 0 Å². The zero-order chi connectivity index (χ0) is 15.7. The molecule has 4 rings (SSSR count). The van der Waals surface area contributed by atoms with Gasteiger partial charge in [0.2, 0.25) is 0 Å². The average Bonchev–Trinajstić information content (AvgIpc) is 2.62. The lowest BCUT2D eigenvalue weighted by Gasteiger charge is -2.40. The maximum atomic E-state index is 6.50. The first-order valence-electron chi connectivity index (χ1n) is 7.92. The van der Waals surface area contributed by atoms with Crippen molar-refractivity contribution in [2.24, 2.45) is 0 Å². The van der Waals surface area contributed by atoms with Gasteiger partial charge in [-0.25, -0.2) is 0 Å². The van der Waals surface area contributed by atoms with Crippen LogP contribution in [0.15, 0.2) is 88.7 Å². The molecule has 3 aromatic carbocycles. The van der Waals surface area contributed by atoms with Gasteiger partial charge in [0.05, 0.1) is 0 Å². The summed E-state index contributed by atoms with van der Waals surface area (Å²) >= 11 is 1.83. The summed E-state index contributed by atoms with van der Waals surface area (Å²) in [4.78, 5) is 2.53. The summed E-state index contributed by atoms with van der Waals surface area (Å²) in [5.41, 5.74) is 3.12. The molecule has 0 radical (unpaired) electrons. The topological polar surface area (TPSA) is 9.23 Å². The minimum atomic E-state index is -0.533. The Labute approximate surface area is 141 Å². The van der Waals surface area contributed by atoms with E-state index in [9.17, 15) is 0 Å². The molecule has 2 heteroatoms. The number of rotatable bonds is 3. The summed E-state index contributed by atoms with van der Waals surface area (Å²) in [7, 11) is 0. The molecule has 0 aromatic heterocycles. The second-order valence-electron chi connectivity index (χ2n) is 5.57. The third-order valence-corrected chi connectivity index (χ3v) is 5.45. The molecule has 0 bridgehead atoms.